The molecule has 0 radical (unpaired) electrons. The smallest absolute Gasteiger partial charge is 0.311 e. The predicted molar refractivity (Wildman–Crippen MR) is 107 cm³/mol. The number of carbonyl (C=O) groups is 2. The summed E-state index contributed by atoms with van der Waals surface area (Å²) in [4.78, 5) is 26.1. The number of aliphatic carboxylic acids is 1. The van der Waals surface area contributed by atoms with Gasteiger partial charge in [-0.05, 0) is 55.9 Å². The number of rotatable bonds is 5. The Balaban J connectivity index is 0.00000280. The van der Waals surface area contributed by atoms with Crippen LogP contribution in [0.15, 0.2) is 17.0 Å². The normalized spacial score (nSPS) is 24.5. The Bertz CT molecular complexity index is 905. The maximum Gasteiger partial charge on any atom is 0.311 e. The van der Waals surface area contributed by atoms with Gasteiger partial charge in [-0.2, -0.15) is 0 Å². The number of aryl methyl sites for hydroxylation is 1. The molecule has 1 aromatic rings. The van der Waals surface area contributed by atoms with Gasteiger partial charge < -0.3 is 10.4 Å². The van der Waals surface area contributed by atoms with E-state index in [0.717, 1.165) is 18.4 Å². The summed E-state index contributed by atoms with van der Waals surface area (Å²) in [6.07, 6.45) is 2.44. The molecule has 10 heteroatoms. The Morgan fingerprint density at radius 3 is 2.61 bits per heavy atom. The molecular weight excluding hydrogens is 406 g/mol. The van der Waals surface area contributed by atoms with E-state index in [2.05, 4.69) is 5.32 Å². The summed E-state index contributed by atoms with van der Waals surface area (Å²) in [6.45, 7) is 4.57. The van der Waals surface area contributed by atoms with Gasteiger partial charge in [-0.1, -0.05) is 6.42 Å². The number of carboxylic acid groups (broad SMARTS) is 1. The number of amides is 1. The fraction of sp³-hybridized carbons (Fsp3) is 0.556. The number of carbonyl (C=O) groups excluding carboxylic acids is 1. The second-order valence-corrected chi connectivity index (χ2v) is 9.29. The lowest BCUT2D eigenvalue weighted by atomic mass is 9.81. The van der Waals surface area contributed by atoms with Gasteiger partial charge in [-0.3, -0.25) is 14.5 Å². The van der Waals surface area contributed by atoms with Gasteiger partial charge in [-0.25, -0.2) is 13.6 Å². The van der Waals surface area contributed by atoms with Crippen LogP contribution in [0.2, 0.25) is 0 Å². The number of likely N-dealkylation sites (tertiary alicyclic amines) is 1. The van der Waals surface area contributed by atoms with E-state index < -0.39 is 21.4 Å². The molecule has 0 bridgehead atoms. The first-order valence-electron chi connectivity index (χ1n) is 8.92. The number of halogens is 1. The second kappa shape index (κ2) is 7.98. The summed E-state index contributed by atoms with van der Waals surface area (Å²) in [5.74, 6) is -0.998. The molecule has 2 fully saturated rings. The van der Waals surface area contributed by atoms with E-state index in [0.29, 0.717) is 30.8 Å². The lowest BCUT2D eigenvalue weighted by Crippen LogP contribution is -2.37. The topological polar surface area (TPSA) is 130 Å². The number of hydrogen-bond donors (Lipinski definition) is 3. The van der Waals surface area contributed by atoms with Crippen LogP contribution in [-0.2, 0) is 19.6 Å². The summed E-state index contributed by atoms with van der Waals surface area (Å²) in [6, 6.07) is 2.83. The van der Waals surface area contributed by atoms with Crippen molar-refractivity contribution in [2.24, 2.45) is 16.5 Å². The van der Waals surface area contributed by atoms with E-state index >= 15 is 0 Å². The summed E-state index contributed by atoms with van der Waals surface area (Å²) >= 11 is 0. The molecule has 4 N–H and O–H groups in total. The highest BCUT2D eigenvalue weighted by Crippen LogP contribution is 2.48. The quantitative estimate of drug-likeness (QED) is 0.647. The van der Waals surface area contributed by atoms with Crippen LogP contribution in [0.5, 0.6) is 0 Å². The summed E-state index contributed by atoms with van der Waals surface area (Å²) in [7, 11) is -3.88. The molecule has 1 heterocycles. The van der Waals surface area contributed by atoms with Crippen LogP contribution in [0.25, 0.3) is 0 Å². The lowest BCUT2D eigenvalue weighted by Gasteiger charge is -2.23. The molecule has 1 aromatic carbocycles. The standard InChI is InChI=1S/C18H25N3O5S.ClH/c1-11-6-14(27(19,25)26)7-15(12(11)2)20-16(22)9-21-8-13-4-3-5-18(13,10-21)17(23)24;/h6-7,13H,3-5,8-10H2,1-2H3,(H,20,22)(H,23,24)(H2,19,25,26);1H/t13-,18+;/m0./s1. The van der Waals surface area contributed by atoms with Crippen molar-refractivity contribution in [2.45, 2.75) is 38.0 Å². The SMILES string of the molecule is Cc1cc(S(N)(=O)=O)cc(NC(=O)CN2C[C@@H]3CCC[C@@]3(C(=O)O)C2)c1C.Cl. The molecule has 8 nitrogen and oxygen atoms in total. The average molecular weight is 432 g/mol. The van der Waals surface area contributed by atoms with Crippen molar-refractivity contribution in [1.82, 2.24) is 4.90 Å². The van der Waals surface area contributed by atoms with Gasteiger partial charge in [0.25, 0.3) is 0 Å². The van der Waals surface area contributed by atoms with Crippen molar-refractivity contribution in [3.8, 4) is 0 Å². The molecule has 1 saturated heterocycles. The zero-order valence-electron chi connectivity index (χ0n) is 15.9. The largest absolute Gasteiger partial charge is 0.481 e. The van der Waals surface area contributed by atoms with Gasteiger partial charge in [-0.15, -0.1) is 12.4 Å². The van der Waals surface area contributed by atoms with Gasteiger partial charge in [0.1, 0.15) is 0 Å². The minimum Gasteiger partial charge on any atom is -0.481 e. The molecule has 1 aliphatic carbocycles. The molecule has 2 atom stereocenters. The van der Waals surface area contributed by atoms with Crippen LogP contribution in [0, 0.1) is 25.2 Å². The van der Waals surface area contributed by atoms with E-state index in [1.807, 2.05) is 4.90 Å². The molecular formula is C18H26ClN3O5S. The third kappa shape index (κ3) is 4.17. The molecule has 1 aliphatic heterocycles. The Hall–Kier alpha value is -1.68. The number of fused-ring (bicyclic) bond motifs is 1. The maximum absolute atomic E-state index is 12.5. The fourth-order valence-corrected chi connectivity index (χ4v) is 5.00. The third-order valence-electron chi connectivity index (χ3n) is 5.98. The first-order chi connectivity index (χ1) is 12.5. The van der Waals surface area contributed by atoms with Gasteiger partial charge in [0.05, 0.1) is 16.9 Å². The second-order valence-electron chi connectivity index (χ2n) is 7.73. The van der Waals surface area contributed by atoms with E-state index in [1.54, 1.807) is 13.8 Å². The summed E-state index contributed by atoms with van der Waals surface area (Å²) in [5, 5.41) is 17.6. The zero-order valence-corrected chi connectivity index (χ0v) is 17.5. The lowest BCUT2D eigenvalue weighted by molar-refractivity contribution is -0.149. The minimum atomic E-state index is -3.88. The Labute approximate surface area is 170 Å². The van der Waals surface area contributed by atoms with Crippen molar-refractivity contribution in [3.05, 3.63) is 23.3 Å². The van der Waals surface area contributed by atoms with Crippen LogP contribution >= 0.6 is 12.4 Å². The number of anilines is 1. The number of benzene rings is 1. The zero-order chi connectivity index (χ0) is 20.0. The highest BCUT2D eigenvalue weighted by Gasteiger charge is 2.54. The van der Waals surface area contributed by atoms with Crippen molar-refractivity contribution < 1.29 is 23.1 Å². The Morgan fingerprint density at radius 1 is 1.36 bits per heavy atom. The molecule has 0 unspecified atom stereocenters. The van der Waals surface area contributed by atoms with E-state index in [-0.39, 0.29) is 35.7 Å². The molecule has 0 spiro atoms. The van der Waals surface area contributed by atoms with Crippen LogP contribution in [0.3, 0.4) is 0 Å². The Kier molecular flexibility index (Phi) is 6.44. The monoisotopic (exact) mass is 431 g/mol. The van der Waals surface area contributed by atoms with Gasteiger partial charge in [0, 0.05) is 18.8 Å². The molecule has 1 saturated carbocycles. The first kappa shape index (κ1) is 22.6. The number of nitrogens with one attached hydrogen (secondary N) is 1. The van der Waals surface area contributed by atoms with Crippen molar-refractivity contribution in [3.63, 3.8) is 0 Å². The fourth-order valence-electron chi connectivity index (χ4n) is 4.38. The van der Waals surface area contributed by atoms with E-state index in [9.17, 15) is 23.1 Å². The highest BCUT2D eigenvalue weighted by molar-refractivity contribution is 7.89. The van der Waals surface area contributed by atoms with Crippen LogP contribution in [0.4, 0.5) is 5.69 Å². The summed E-state index contributed by atoms with van der Waals surface area (Å²) in [5.41, 5.74) is 1.13. The van der Waals surface area contributed by atoms with Crippen LogP contribution < -0.4 is 10.5 Å². The van der Waals surface area contributed by atoms with Crippen LogP contribution in [-0.4, -0.2) is 49.9 Å². The van der Waals surface area contributed by atoms with Crippen LogP contribution in [0.1, 0.15) is 30.4 Å². The molecule has 0 aromatic heterocycles. The molecule has 156 valence electrons. The Morgan fingerprint density at radius 2 is 2.04 bits per heavy atom. The van der Waals surface area contributed by atoms with Gasteiger partial charge in [0.15, 0.2) is 0 Å². The average Bonchev–Trinajstić information content (AvgIpc) is 3.08. The van der Waals surface area contributed by atoms with Crippen molar-refractivity contribution >= 4 is 40.0 Å². The first-order valence-corrected chi connectivity index (χ1v) is 10.5. The molecule has 2 aliphatic rings. The van der Waals surface area contributed by atoms with Crippen molar-refractivity contribution in [1.29, 1.82) is 0 Å². The number of sulfonamides is 1. The number of hydrogen-bond acceptors (Lipinski definition) is 5. The maximum atomic E-state index is 12.5. The number of primary sulfonamides is 1. The van der Waals surface area contributed by atoms with E-state index in [1.165, 1.54) is 12.1 Å². The number of carboxylic acids is 1. The molecule has 1 amide bonds. The van der Waals surface area contributed by atoms with Gasteiger partial charge in [0.2, 0.25) is 15.9 Å². The van der Waals surface area contributed by atoms with Crippen molar-refractivity contribution in [2.75, 3.05) is 25.0 Å². The number of nitrogens with zero attached hydrogens (tertiary/aromatic N) is 1. The summed E-state index contributed by atoms with van der Waals surface area (Å²) < 4.78 is 23.3. The van der Waals surface area contributed by atoms with E-state index in [4.69, 9.17) is 5.14 Å². The number of nitrogens with two attached hydrogens (primary N) is 1. The molecule has 28 heavy (non-hydrogen) atoms. The third-order valence-corrected chi connectivity index (χ3v) is 6.87. The molecule has 3 rings (SSSR count). The van der Waals surface area contributed by atoms with Gasteiger partial charge >= 0.3 is 5.97 Å². The highest BCUT2D eigenvalue weighted by atomic mass is 35.5. The predicted octanol–water partition coefficient (Wildman–Crippen LogP) is 1.50. The minimum absolute atomic E-state index is 0.